The van der Waals surface area contributed by atoms with Crippen molar-refractivity contribution in [3.8, 4) is 22.4 Å². The zero-order valence-corrected chi connectivity index (χ0v) is 22.4. The molecule has 5 N–H and O–H groups in total. The lowest BCUT2D eigenvalue weighted by Gasteiger charge is -2.52. The number of anilines is 1. The van der Waals surface area contributed by atoms with Crippen LogP contribution in [0.25, 0.3) is 28.0 Å². The van der Waals surface area contributed by atoms with Gasteiger partial charge in [-0.3, -0.25) is 15.2 Å². The number of piperidine rings is 1. The van der Waals surface area contributed by atoms with E-state index in [2.05, 4.69) is 25.8 Å². The quantitative estimate of drug-likeness (QED) is 0.267. The van der Waals surface area contributed by atoms with E-state index < -0.39 is 17.4 Å². The molecule has 41 heavy (non-hydrogen) atoms. The van der Waals surface area contributed by atoms with Crippen LogP contribution in [-0.2, 0) is 10.3 Å². The molecule has 1 aliphatic carbocycles. The molecule has 3 aromatic heterocycles. The number of hydrogen-bond donors (Lipinski definition) is 4. The number of aliphatic hydroxyl groups is 1. The number of aromatic nitrogens is 4. The van der Waals surface area contributed by atoms with Crippen molar-refractivity contribution < 1.29 is 9.90 Å². The molecule has 2 saturated heterocycles. The van der Waals surface area contributed by atoms with Crippen LogP contribution in [0.1, 0.15) is 55.7 Å². The van der Waals surface area contributed by atoms with Gasteiger partial charge in [0, 0.05) is 34.5 Å². The average Bonchev–Trinajstić information content (AvgIpc) is 3.44. The van der Waals surface area contributed by atoms with Crippen molar-refractivity contribution in [3.63, 3.8) is 0 Å². The number of pyridine rings is 1. The van der Waals surface area contributed by atoms with Gasteiger partial charge >= 0.3 is 0 Å². The van der Waals surface area contributed by atoms with Gasteiger partial charge in [0.05, 0.1) is 29.2 Å². The van der Waals surface area contributed by atoms with Crippen LogP contribution in [0, 0.1) is 0 Å². The molecule has 0 spiro atoms. The third-order valence-electron chi connectivity index (χ3n) is 9.26. The second-order valence-electron chi connectivity index (χ2n) is 11.7. The Kier molecular flexibility index (Phi) is 5.26. The highest BCUT2D eigenvalue weighted by Gasteiger charge is 2.62. The summed E-state index contributed by atoms with van der Waals surface area (Å²) in [5, 5.41) is 23.1. The van der Waals surface area contributed by atoms with E-state index in [-0.39, 0.29) is 12.0 Å². The number of hydrazone groups is 1. The molecule has 8 rings (SSSR count). The predicted octanol–water partition coefficient (Wildman–Crippen LogP) is 2.72. The van der Waals surface area contributed by atoms with Crippen LogP contribution in [0.3, 0.4) is 0 Å². The third kappa shape index (κ3) is 3.55. The first-order chi connectivity index (χ1) is 20.0. The maximum absolute atomic E-state index is 12.7. The fourth-order valence-electron chi connectivity index (χ4n) is 7.40. The molecule has 1 unspecified atom stereocenters. The van der Waals surface area contributed by atoms with Crippen LogP contribution in [0.5, 0.6) is 0 Å². The van der Waals surface area contributed by atoms with Crippen molar-refractivity contribution in [2.45, 2.75) is 67.9 Å². The van der Waals surface area contributed by atoms with Crippen LogP contribution in [-0.4, -0.2) is 60.1 Å². The highest BCUT2D eigenvalue weighted by atomic mass is 16.3. The average molecular weight is 550 g/mol. The van der Waals surface area contributed by atoms with Gasteiger partial charge in [-0.2, -0.15) is 14.7 Å². The first kappa shape index (κ1) is 24.4. The van der Waals surface area contributed by atoms with Crippen LogP contribution in [0.2, 0.25) is 0 Å². The summed E-state index contributed by atoms with van der Waals surface area (Å²) in [4.78, 5) is 24.9. The molecule has 4 aliphatic rings. The number of fused-ring (bicyclic) bond motifs is 3. The summed E-state index contributed by atoms with van der Waals surface area (Å²) in [6.07, 6.45) is 10.1. The van der Waals surface area contributed by atoms with Crippen LogP contribution < -0.4 is 16.5 Å². The molecule has 4 aromatic rings. The molecule has 6 heterocycles. The molecule has 0 amide bonds. The van der Waals surface area contributed by atoms with Gasteiger partial charge in [-0.15, -0.1) is 0 Å². The smallest absolute Gasteiger partial charge is 0.241 e. The Morgan fingerprint density at radius 2 is 1.93 bits per heavy atom. The predicted molar refractivity (Wildman–Crippen MR) is 153 cm³/mol. The standard InChI is InChI=1S/C30H31N9O2/c31-27-25(19-6-7-19)26(29-11-10-21(12-22(41)13-29)39(29)30(16-40)33-17-34-37-30)36-28-23(15-35-38(27)28)20-8-9-24(32-14-20)18-4-2-1-3-5-18/h1-5,8-9,14-17,19,21-22,37,41H,6-7,10-13,31H2,(H,33,34)/t21-,22?,29+,30+/m0/s1. The number of nitrogen functional groups attached to an aromatic ring is 1. The minimum atomic E-state index is -1.22. The molecule has 2 bridgehead atoms. The van der Waals surface area contributed by atoms with E-state index in [0.717, 1.165) is 65.6 Å². The Hall–Kier alpha value is -4.35. The third-order valence-corrected chi connectivity index (χ3v) is 9.26. The van der Waals surface area contributed by atoms with Gasteiger partial charge in [-0.1, -0.05) is 36.4 Å². The van der Waals surface area contributed by atoms with Gasteiger partial charge in [-0.25, -0.2) is 9.88 Å². The van der Waals surface area contributed by atoms with Crippen LogP contribution in [0.15, 0.2) is 60.0 Å². The molecule has 1 aromatic carbocycles. The number of rotatable bonds is 6. The fraction of sp³-hybridized carbons (Fsp3) is 0.367. The van der Waals surface area contributed by atoms with E-state index in [9.17, 15) is 9.90 Å². The number of nitrogens with one attached hydrogen (secondary N) is 2. The van der Waals surface area contributed by atoms with Gasteiger partial charge < -0.3 is 16.2 Å². The lowest BCUT2D eigenvalue weighted by atomic mass is 9.79. The van der Waals surface area contributed by atoms with Crippen molar-refractivity contribution in [1.29, 1.82) is 0 Å². The van der Waals surface area contributed by atoms with Crippen LogP contribution in [0.4, 0.5) is 5.82 Å². The van der Waals surface area contributed by atoms with E-state index in [1.54, 1.807) is 10.7 Å². The lowest BCUT2D eigenvalue weighted by Crippen LogP contribution is -2.72. The number of nitrogens with zero attached hydrogens (tertiary/aromatic N) is 6. The lowest BCUT2D eigenvalue weighted by molar-refractivity contribution is -0.140. The number of carbonyl (C=O) groups excluding carboxylic acids is 1. The summed E-state index contributed by atoms with van der Waals surface area (Å²) in [5.41, 5.74) is 15.3. The van der Waals surface area contributed by atoms with Crippen molar-refractivity contribution in [2.75, 3.05) is 5.73 Å². The Morgan fingerprint density at radius 3 is 2.63 bits per heavy atom. The molecule has 11 heteroatoms. The van der Waals surface area contributed by atoms with Gasteiger partial charge in [0.2, 0.25) is 5.79 Å². The maximum Gasteiger partial charge on any atom is 0.241 e. The second-order valence-corrected chi connectivity index (χ2v) is 11.7. The number of aldehydes is 1. The molecular weight excluding hydrogens is 518 g/mol. The first-order valence-corrected chi connectivity index (χ1v) is 14.2. The summed E-state index contributed by atoms with van der Waals surface area (Å²) >= 11 is 0. The highest BCUT2D eigenvalue weighted by Crippen LogP contribution is 2.57. The first-order valence-electron chi connectivity index (χ1n) is 14.2. The molecule has 208 valence electrons. The van der Waals surface area contributed by atoms with Crippen molar-refractivity contribution in [3.05, 3.63) is 66.1 Å². The van der Waals surface area contributed by atoms with Crippen molar-refractivity contribution in [2.24, 2.45) is 5.10 Å². The number of carbonyl (C=O) groups is 1. The molecule has 3 aliphatic heterocycles. The van der Waals surface area contributed by atoms with Crippen molar-refractivity contribution >= 4 is 24.1 Å². The zero-order valence-electron chi connectivity index (χ0n) is 22.4. The van der Waals surface area contributed by atoms with E-state index in [1.807, 2.05) is 48.7 Å². The Morgan fingerprint density at radius 1 is 1.07 bits per heavy atom. The minimum absolute atomic E-state index is 0.0314. The van der Waals surface area contributed by atoms with E-state index in [1.165, 1.54) is 6.34 Å². The Labute approximate surface area is 236 Å². The van der Waals surface area contributed by atoms with Gasteiger partial charge in [0.15, 0.2) is 11.9 Å². The topological polar surface area (TPSA) is 146 Å². The SMILES string of the molecule is Nc1c(C2CC2)c([C@@]23CC[C@@H](CC(O)C2)N3[C@]2(C=O)NC=NN2)nc2c(-c3ccc(-c4ccccc4)nc3)cnn12. The normalized spacial score (nSPS) is 29.0. The molecule has 1 saturated carbocycles. The summed E-state index contributed by atoms with van der Waals surface area (Å²) in [6.45, 7) is 0. The second kappa shape index (κ2) is 8.82. The monoisotopic (exact) mass is 549 g/mol. The summed E-state index contributed by atoms with van der Waals surface area (Å²) in [6, 6.07) is 14.1. The van der Waals surface area contributed by atoms with E-state index in [0.29, 0.717) is 24.3 Å². The van der Waals surface area contributed by atoms with Gasteiger partial charge in [-0.05, 0) is 50.5 Å². The summed E-state index contributed by atoms with van der Waals surface area (Å²) in [5.74, 6) is -0.386. The maximum atomic E-state index is 12.7. The van der Waals surface area contributed by atoms with Gasteiger partial charge in [0.1, 0.15) is 12.2 Å². The largest absolute Gasteiger partial charge is 0.393 e. The summed E-state index contributed by atoms with van der Waals surface area (Å²) < 4.78 is 1.73. The zero-order chi connectivity index (χ0) is 27.8. The molecule has 4 atom stereocenters. The Bertz CT molecular complexity index is 1670. The van der Waals surface area contributed by atoms with E-state index >= 15 is 0 Å². The highest BCUT2D eigenvalue weighted by molar-refractivity contribution is 5.79. The fourth-order valence-corrected chi connectivity index (χ4v) is 7.40. The Balaban J connectivity index is 1.31. The molecule has 0 radical (unpaired) electrons. The minimum Gasteiger partial charge on any atom is -0.393 e. The number of nitrogens with two attached hydrogens (primary N) is 1. The molecule has 3 fully saturated rings. The summed E-state index contributed by atoms with van der Waals surface area (Å²) in [7, 11) is 0. The number of benzene rings is 1. The van der Waals surface area contributed by atoms with Crippen molar-refractivity contribution in [1.82, 2.24) is 35.2 Å². The molecule has 11 nitrogen and oxygen atoms in total. The van der Waals surface area contributed by atoms with E-state index in [4.69, 9.17) is 15.7 Å². The van der Waals surface area contributed by atoms with Crippen LogP contribution >= 0.6 is 0 Å². The molecular formula is C30H31N9O2. The number of hydrogen-bond acceptors (Lipinski definition) is 10. The number of aliphatic hydroxyl groups excluding tert-OH is 1. The van der Waals surface area contributed by atoms with Gasteiger partial charge in [0.25, 0.3) is 0 Å².